The fraction of sp³-hybridized carbons (Fsp3) is 1.00. The van der Waals surface area contributed by atoms with Crippen LogP contribution in [-0.2, 0) is 0 Å². The van der Waals surface area contributed by atoms with Gasteiger partial charge in [0.15, 0.2) is 0 Å². The van der Waals surface area contributed by atoms with Crippen molar-refractivity contribution in [3.05, 3.63) is 0 Å². The highest BCUT2D eigenvalue weighted by Crippen LogP contribution is 2.29. The van der Waals surface area contributed by atoms with Crippen LogP contribution in [0.25, 0.3) is 0 Å². The molecule has 72 valence electrons. The molecule has 2 heteroatoms. The highest BCUT2D eigenvalue weighted by molar-refractivity contribution is 7.99. The molecule has 1 aliphatic carbocycles. The average molecular weight is 188 g/mol. The molecule has 1 saturated carbocycles. The summed E-state index contributed by atoms with van der Waals surface area (Å²) >= 11 is 1.95. The molecule has 1 nitrogen and oxygen atoms in total. The SMILES string of the molecule is CC(C)(O)CSC1CCCCC1. The van der Waals surface area contributed by atoms with Crippen molar-refractivity contribution >= 4 is 11.8 Å². The Morgan fingerprint density at radius 3 is 2.33 bits per heavy atom. The van der Waals surface area contributed by atoms with Gasteiger partial charge in [0.05, 0.1) is 5.60 Å². The molecular formula is C10H20OS. The number of hydrogen-bond donors (Lipinski definition) is 1. The third-order valence-electron chi connectivity index (χ3n) is 2.22. The van der Waals surface area contributed by atoms with Crippen LogP contribution >= 0.6 is 11.8 Å². The van der Waals surface area contributed by atoms with Gasteiger partial charge in [-0.25, -0.2) is 0 Å². The van der Waals surface area contributed by atoms with Gasteiger partial charge in [0.2, 0.25) is 0 Å². The second kappa shape index (κ2) is 4.52. The molecule has 0 heterocycles. The molecule has 0 aliphatic heterocycles. The number of aliphatic hydroxyl groups is 1. The topological polar surface area (TPSA) is 20.2 Å². The Bertz CT molecular complexity index is 122. The summed E-state index contributed by atoms with van der Waals surface area (Å²) in [7, 11) is 0. The lowest BCUT2D eigenvalue weighted by Crippen LogP contribution is -2.24. The molecule has 1 rings (SSSR count). The van der Waals surface area contributed by atoms with Gasteiger partial charge >= 0.3 is 0 Å². The second-order valence-corrected chi connectivity index (χ2v) is 5.67. The van der Waals surface area contributed by atoms with E-state index < -0.39 is 5.60 Å². The molecule has 0 radical (unpaired) electrons. The Morgan fingerprint density at radius 1 is 1.25 bits per heavy atom. The lowest BCUT2D eigenvalue weighted by molar-refractivity contribution is 0.107. The van der Waals surface area contributed by atoms with Crippen molar-refractivity contribution < 1.29 is 5.11 Å². The Hall–Kier alpha value is 0.310. The van der Waals surface area contributed by atoms with E-state index in [0.717, 1.165) is 11.0 Å². The zero-order chi connectivity index (χ0) is 9.03. The molecule has 0 unspecified atom stereocenters. The van der Waals surface area contributed by atoms with Crippen molar-refractivity contribution in [1.29, 1.82) is 0 Å². The average Bonchev–Trinajstić information content (AvgIpc) is 2.02. The maximum Gasteiger partial charge on any atom is 0.0681 e. The first kappa shape index (κ1) is 10.4. The van der Waals surface area contributed by atoms with Gasteiger partial charge in [0, 0.05) is 11.0 Å². The summed E-state index contributed by atoms with van der Waals surface area (Å²) in [6.45, 7) is 3.78. The number of hydrogen-bond acceptors (Lipinski definition) is 2. The molecule has 0 bridgehead atoms. The summed E-state index contributed by atoms with van der Waals surface area (Å²) in [6, 6.07) is 0. The lowest BCUT2D eigenvalue weighted by atomic mass is 10.0. The monoisotopic (exact) mass is 188 g/mol. The summed E-state index contributed by atoms with van der Waals surface area (Å²) in [5.41, 5.74) is -0.484. The van der Waals surface area contributed by atoms with Gasteiger partial charge in [0.1, 0.15) is 0 Å². The third-order valence-corrected chi connectivity index (χ3v) is 4.04. The van der Waals surface area contributed by atoms with Crippen LogP contribution in [0.4, 0.5) is 0 Å². The van der Waals surface area contributed by atoms with Crippen LogP contribution in [-0.4, -0.2) is 21.7 Å². The predicted octanol–water partition coefficient (Wildman–Crippen LogP) is 2.82. The molecule has 0 spiro atoms. The highest BCUT2D eigenvalue weighted by atomic mass is 32.2. The first-order chi connectivity index (χ1) is 5.58. The Labute approximate surface area is 79.9 Å². The fourth-order valence-electron chi connectivity index (χ4n) is 1.55. The summed E-state index contributed by atoms with van der Waals surface area (Å²) in [5, 5.41) is 10.4. The molecule has 12 heavy (non-hydrogen) atoms. The van der Waals surface area contributed by atoms with Crippen LogP contribution in [0.15, 0.2) is 0 Å². The molecule has 0 amide bonds. The molecule has 0 saturated heterocycles. The van der Waals surface area contributed by atoms with Gasteiger partial charge in [-0.15, -0.1) is 0 Å². The van der Waals surface area contributed by atoms with E-state index in [4.69, 9.17) is 0 Å². The van der Waals surface area contributed by atoms with E-state index in [1.54, 1.807) is 0 Å². The van der Waals surface area contributed by atoms with Crippen LogP contribution in [0, 0.1) is 0 Å². The maximum absolute atomic E-state index is 9.53. The Morgan fingerprint density at radius 2 is 1.83 bits per heavy atom. The zero-order valence-electron chi connectivity index (χ0n) is 8.18. The Balaban J connectivity index is 2.13. The maximum atomic E-state index is 9.53. The molecule has 1 N–H and O–H groups in total. The van der Waals surface area contributed by atoms with Crippen LogP contribution in [0.3, 0.4) is 0 Å². The predicted molar refractivity (Wildman–Crippen MR) is 55.6 cm³/mol. The molecule has 0 aromatic heterocycles. The smallest absolute Gasteiger partial charge is 0.0681 e. The number of thioether (sulfide) groups is 1. The van der Waals surface area contributed by atoms with Crippen molar-refractivity contribution in [3.63, 3.8) is 0 Å². The first-order valence-electron chi connectivity index (χ1n) is 4.92. The summed E-state index contributed by atoms with van der Waals surface area (Å²) in [5.74, 6) is 0.887. The van der Waals surface area contributed by atoms with Crippen molar-refractivity contribution in [2.24, 2.45) is 0 Å². The van der Waals surface area contributed by atoms with Gasteiger partial charge in [-0.1, -0.05) is 19.3 Å². The van der Waals surface area contributed by atoms with Gasteiger partial charge in [0.25, 0.3) is 0 Å². The number of rotatable bonds is 3. The third kappa shape index (κ3) is 4.36. The quantitative estimate of drug-likeness (QED) is 0.735. The van der Waals surface area contributed by atoms with E-state index in [1.807, 2.05) is 25.6 Å². The van der Waals surface area contributed by atoms with Crippen LogP contribution in [0.5, 0.6) is 0 Å². The van der Waals surface area contributed by atoms with Crippen molar-refractivity contribution in [1.82, 2.24) is 0 Å². The fourth-order valence-corrected chi connectivity index (χ4v) is 2.86. The van der Waals surface area contributed by atoms with Crippen molar-refractivity contribution in [2.75, 3.05) is 5.75 Å². The van der Waals surface area contributed by atoms with Gasteiger partial charge in [-0.3, -0.25) is 0 Å². The van der Waals surface area contributed by atoms with E-state index in [1.165, 1.54) is 32.1 Å². The van der Waals surface area contributed by atoms with Crippen LogP contribution in [0.1, 0.15) is 46.0 Å². The summed E-state index contributed by atoms with van der Waals surface area (Å²) in [6.07, 6.45) is 6.92. The van der Waals surface area contributed by atoms with Crippen LogP contribution < -0.4 is 0 Å². The minimum absolute atomic E-state index is 0.484. The lowest BCUT2D eigenvalue weighted by Gasteiger charge is -2.24. The molecule has 0 aromatic rings. The van der Waals surface area contributed by atoms with Crippen LogP contribution in [0.2, 0.25) is 0 Å². The highest BCUT2D eigenvalue weighted by Gasteiger charge is 2.18. The molecule has 0 atom stereocenters. The van der Waals surface area contributed by atoms with Gasteiger partial charge in [-0.05, 0) is 26.7 Å². The minimum Gasteiger partial charge on any atom is -0.390 e. The van der Waals surface area contributed by atoms with E-state index in [2.05, 4.69) is 0 Å². The minimum atomic E-state index is -0.484. The van der Waals surface area contributed by atoms with E-state index in [0.29, 0.717) is 0 Å². The molecule has 1 aliphatic rings. The zero-order valence-corrected chi connectivity index (χ0v) is 8.99. The van der Waals surface area contributed by atoms with Crippen molar-refractivity contribution in [3.8, 4) is 0 Å². The normalized spacial score (nSPS) is 21.2. The second-order valence-electron chi connectivity index (χ2n) is 4.38. The standard InChI is InChI=1S/C10H20OS/c1-10(2,11)8-12-9-6-4-3-5-7-9/h9,11H,3-8H2,1-2H3. The summed E-state index contributed by atoms with van der Waals surface area (Å²) < 4.78 is 0. The summed E-state index contributed by atoms with van der Waals surface area (Å²) in [4.78, 5) is 0. The molecule has 0 aromatic carbocycles. The molecule has 1 fully saturated rings. The van der Waals surface area contributed by atoms with E-state index in [-0.39, 0.29) is 0 Å². The van der Waals surface area contributed by atoms with E-state index in [9.17, 15) is 5.11 Å². The van der Waals surface area contributed by atoms with E-state index >= 15 is 0 Å². The van der Waals surface area contributed by atoms with Crippen molar-refractivity contribution in [2.45, 2.75) is 56.8 Å². The van der Waals surface area contributed by atoms with Gasteiger partial charge < -0.3 is 5.11 Å². The Kier molecular flexibility index (Phi) is 3.91. The molecular weight excluding hydrogens is 168 g/mol. The first-order valence-corrected chi connectivity index (χ1v) is 5.97. The largest absolute Gasteiger partial charge is 0.390 e. The van der Waals surface area contributed by atoms with Gasteiger partial charge in [-0.2, -0.15) is 11.8 Å².